The lowest BCUT2D eigenvalue weighted by Crippen LogP contribution is -2.44. The molecular formula is C22H30N4O6. The highest BCUT2D eigenvalue weighted by Crippen LogP contribution is 2.28. The molecule has 0 aliphatic carbocycles. The van der Waals surface area contributed by atoms with Gasteiger partial charge in [0.2, 0.25) is 0 Å². The lowest BCUT2D eigenvalue weighted by Gasteiger charge is -2.29. The third-order valence-corrected chi connectivity index (χ3v) is 4.86. The quantitative estimate of drug-likeness (QED) is 0.440. The number of H-pyrrole nitrogens is 1. The zero-order chi connectivity index (χ0) is 23.7. The molecule has 0 spiro atoms. The standard InChI is InChI=1S/C22H30N4O6/c1-5-32-21(29)22(30,16-9-7-6-8-10-16)14-15(2)23-19(27)17-13-18(25-24-17)20(28)26(3)11-12-31-4/h6-10,13,15,30H,5,11-12,14H2,1-4H3,(H,23,27)(H,24,25). The molecule has 2 aromatic rings. The van der Waals surface area contributed by atoms with E-state index in [1.54, 1.807) is 58.3 Å². The molecule has 0 saturated heterocycles. The van der Waals surface area contributed by atoms with Crippen molar-refractivity contribution in [2.45, 2.75) is 31.9 Å². The number of aliphatic hydroxyl groups is 1. The number of benzene rings is 1. The molecule has 10 heteroatoms. The number of hydrogen-bond acceptors (Lipinski definition) is 7. The lowest BCUT2D eigenvalue weighted by atomic mass is 9.87. The van der Waals surface area contributed by atoms with Gasteiger partial charge in [0, 0.05) is 39.2 Å². The number of nitrogens with one attached hydrogen (secondary N) is 2. The number of likely N-dealkylation sites (N-methyl/N-ethyl adjacent to an activating group) is 1. The van der Waals surface area contributed by atoms with E-state index in [-0.39, 0.29) is 30.3 Å². The Balaban J connectivity index is 2.09. The second-order valence-corrected chi connectivity index (χ2v) is 7.41. The smallest absolute Gasteiger partial charge is 0.342 e. The van der Waals surface area contributed by atoms with Crippen LogP contribution >= 0.6 is 0 Å². The second-order valence-electron chi connectivity index (χ2n) is 7.41. The number of amides is 2. The van der Waals surface area contributed by atoms with Crippen LogP contribution in [0.4, 0.5) is 0 Å². The summed E-state index contributed by atoms with van der Waals surface area (Å²) < 4.78 is 10.0. The normalized spacial score (nSPS) is 13.7. The van der Waals surface area contributed by atoms with Crippen molar-refractivity contribution in [2.24, 2.45) is 0 Å². The average molecular weight is 447 g/mol. The maximum Gasteiger partial charge on any atom is 0.342 e. The Kier molecular flexibility index (Phi) is 8.91. The Labute approximate surface area is 186 Å². The maximum atomic E-state index is 12.6. The summed E-state index contributed by atoms with van der Waals surface area (Å²) in [5.74, 6) is -1.67. The van der Waals surface area contributed by atoms with E-state index in [0.717, 1.165) is 0 Å². The highest BCUT2D eigenvalue weighted by molar-refractivity contribution is 5.97. The topological polar surface area (TPSA) is 134 Å². The third kappa shape index (κ3) is 6.14. The van der Waals surface area contributed by atoms with Crippen LogP contribution in [-0.2, 0) is 19.9 Å². The zero-order valence-electron chi connectivity index (χ0n) is 18.8. The predicted octanol–water partition coefficient (Wildman–Crippen LogP) is 1.09. The van der Waals surface area contributed by atoms with Crippen molar-refractivity contribution in [3.05, 3.63) is 53.3 Å². The SMILES string of the molecule is CCOC(=O)C(O)(CC(C)NC(=O)c1cc(C(=O)N(C)CCOC)[nH]n1)c1ccccc1. The molecule has 0 saturated carbocycles. The number of aromatic amines is 1. The molecule has 0 aliphatic heterocycles. The van der Waals surface area contributed by atoms with Gasteiger partial charge in [-0.15, -0.1) is 0 Å². The van der Waals surface area contributed by atoms with Gasteiger partial charge in [-0.25, -0.2) is 4.79 Å². The number of aromatic nitrogens is 2. The summed E-state index contributed by atoms with van der Waals surface area (Å²) in [6.45, 7) is 4.18. The molecule has 3 N–H and O–H groups in total. The Morgan fingerprint density at radius 1 is 1.28 bits per heavy atom. The van der Waals surface area contributed by atoms with Crippen molar-refractivity contribution in [3.8, 4) is 0 Å². The highest BCUT2D eigenvalue weighted by Gasteiger charge is 2.41. The number of hydrogen-bond donors (Lipinski definition) is 3. The van der Waals surface area contributed by atoms with Crippen LogP contribution in [0.3, 0.4) is 0 Å². The molecule has 1 aromatic carbocycles. The van der Waals surface area contributed by atoms with Gasteiger partial charge < -0.3 is 24.8 Å². The summed E-state index contributed by atoms with van der Waals surface area (Å²) in [6.07, 6.45) is -0.114. The van der Waals surface area contributed by atoms with Gasteiger partial charge in [-0.1, -0.05) is 30.3 Å². The highest BCUT2D eigenvalue weighted by atomic mass is 16.5. The number of ether oxygens (including phenoxy) is 2. The molecule has 2 unspecified atom stereocenters. The number of carbonyl (C=O) groups is 3. The van der Waals surface area contributed by atoms with Crippen LogP contribution in [0.2, 0.25) is 0 Å². The first kappa shape index (κ1) is 25.0. The van der Waals surface area contributed by atoms with Crippen LogP contribution < -0.4 is 5.32 Å². The number of carbonyl (C=O) groups excluding carboxylic acids is 3. The summed E-state index contributed by atoms with van der Waals surface area (Å²) in [5, 5.41) is 20.3. The fourth-order valence-corrected chi connectivity index (χ4v) is 3.16. The van der Waals surface area contributed by atoms with Crippen LogP contribution in [-0.4, -0.2) is 77.9 Å². The van der Waals surface area contributed by atoms with Gasteiger partial charge in [0.05, 0.1) is 13.2 Å². The summed E-state index contributed by atoms with van der Waals surface area (Å²) in [6, 6.07) is 9.15. The van der Waals surface area contributed by atoms with Crippen LogP contribution in [0.5, 0.6) is 0 Å². The van der Waals surface area contributed by atoms with Gasteiger partial charge in [-0.3, -0.25) is 14.7 Å². The molecular weight excluding hydrogens is 416 g/mol. The number of nitrogens with zero attached hydrogens (tertiary/aromatic N) is 2. The molecule has 2 atom stereocenters. The fourth-order valence-electron chi connectivity index (χ4n) is 3.16. The van der Waals surface area contributed by atoms with Crippen molar-refractivity contribution in [1.82, 2.24) is 20.4 Å². The fraction of sp³-hybridized carbons (Fsp3) is 0.455. The molecule has 0 fully saturated rings. The number of rotatable bonds is 11. The first-order valence-electron chi connectivity index (χ1n) is 10.3. The molecule has 32 heavy (non-hydrogen) atoms. The summed E-state index contributed by atoms with van der Waals surface area (Å²) in [5.41, 5.74) is -1.39. The molecule has 1 heterocycles. The average Bonchev–Trinajstić information content (AvgIpc) is 3.28. The Morgan fingerprint density at radius 3 is 2.59 bits per heavy atom. The molecule has 0 aliphatic rings. The molecule has 2 rings (SSSR count). The van der Waals surface area contributed by atoms with Gasteiger partial charge in [0.1, 0.15) is 5.69 Å². The van der Waals surface area contributed by atoms with E-state index in [2.05, 4.69) is 15.5 Å². The van der Waals surface area contributed by atoms with Crippen molar-refractivity contribution < 1.29 is 29.0 Å². The van der Waals surface area contributed by atoms with Crippen LogP contribution in [0, 0.1) is 0 Å². The maximum absolute atomic E-state index is 12.6. The van der Waals surface area contributed by atoms with E-state index in [0.29, 0.717) is 18.7 Å². The first-order chi connectivity index (χ1) is 15.2. The summed E-state index contributed by atoms with van der Waals surface area (Å²) in [4.78, 5) is 39.0. The van der Waals surface area contributed by atoms with E-state index >= 15 is 0 Å². The van der Waals surface area contributed by atoms with Crippen LogP contribution in [0.1, 0.15) is 46.8 Å². The van der Waals surface area contributed by atoms with Gasteiger partial charge in [0.25, 0.3) is 11.8 Å². The largest absolute Gasteiger partial charge is 0.464 e. The van der Waals surface area contributed by atoms with Gasteiger partial charge in [-0.05, 0) is 19.4 Å². The monoisotopic (exact) mass is 446 g/mol. The van der Waals surface area contributed by atoms with E-state index < -0.39 is 23.5 Å². The van der Waals surface area contributed by atoms with Crippen LogP contribution in [0.25, 0.3) is 0 Å². The third-order valence-electron chi connectivity index (χ3n) is 4.86. The van der Waals surface area contributed by atoms with Crippen molar-refractivity contribution in [2.75, 3.05) is 33.9 Å². The molecule has 0 bridgehead atoms. The molecule has 1 aromatic heterocycles. The molecule has 174 valence electrons. The van der Waals surface area contributed by atoms with E-state index in [9.17, 15) is 19.5 Å². The second kappa shape index (κ2) is 11.4. The first-order valence-corrected chi connectivity index (χ1v) is 10.3. The van der Waals surface area contributed by atoms with E-state index in [1.165, 1.54) is 11.0 Å². The summed E-state index contributed by atoms with van der Waals surface area (Å²) >= 11 is 0. The number of esters is 1. The predicted molar refractivity (Wildman–Crippen MR) is 116 cm³/mol. The number of methoxy groups -OCH3 is 1. The Bertz CT molecular complexity index is 916. The Hall–Kier alpha value is -3.24. The lowest BCUT2D eigenvalue weighted by molar-refractivity contribution is -0.167. The van der Waals surface area contributed by atoms with Crippen molar-refractivity contribution >= 4 is 17.8 Å². The minimum absolute atomic E-state index is 0.0136. The molecule has 10 nitrogen and oxygen atoms in total. The van der Waals surface area contributed by atoms with Crippen molar-refractivity contribution in [1.29, 1.82) is 0 Å². The van der Waals surface area contributed by atoms with Crippen molar-refractivity contribution in [3.63, 3.8) is 0 Å². The minimum atomic E-state index is -1.93. The Morgan fingerprint density at radius 2 is 1.97 bits per heavy atom. The zero-order valence-corrected chi connectivity index (χ0v) is 18.8. The van der Waals surface area contributed by atoms with Gasteiger partial charge >= 0.3 is 5.97 Å². The minimum Gasteiger partial charge on any atom is -0.464 e. The summed E-state index contributed by atoms with van der Waals surface area (Å²) in [7, 11) is 3.16. The van der Waals surface area contributed by atoms with Gasteiger partial charge in [0.15, 0.2) is 11.3 Å². The van der Waals surface area contributed by atoms with E-state index in [4.69, 9.17) is 9.47 Å². The molecule has 0 radical (unpaired) electrons. The van der Waals surface area contributed by atoms with Crippen LogP contribution in [0.15, 0.2) is 36.4 Å². The van der Waals surface area contributed by atoms with E-state index in [1.807, 2.05) is 0 Å². The molecule has 2 amide bonds. The van der Waals surface area contributed by atoms with Gasteiger partial charge in [-0.2, -0.15) is 5.10 Å².